The first-order valence-corrected chi connectivity index (χ1v) is 11.0. The van der Waals surface area contributed by atoms with Gasteiger partial charge in [0.25, 0.3) is 5.91 Å². The zero-order chi connectivity index (χ0) is 19.5. The van der Waals surface area contributed by atoms with Gasteiger partial charge in [-0.15, -0.1) is 12.4 Å². The molecule has 1 N–H and O–H groups in total. The van der Waals surface area contributed by atoms with Crippen LogP contribution in [0.1, 0.15) is 54.4 Å². The third-order valence-electron chi connectivity index (χ3n) is 6.56. The number of carbonyl (C=O) groups is 2. The molecule has 160 valence electrons. The highest BCUT2D eigenvalue weighted by atomic mass is 35.5. The second-order valence-electron chi connectivity index (χ2n) is 8.91. The molecule has 6 heteroatoms. The molecule has 29 heavy (non-hydrogen) atoms. The standard InChI is InChI=1S/C23H33N3O2.ClH/c1-17-4-8-19(9-5-17)22(27)26-12-2-3-20(16-26)23(28)25-13-10-21(11-14-25)24-15-18-6-7-18;/h4-5,8-9,18,20-21,24H,2-3,6-7,10-16H2,1H3;1H. The third-order valence-corrected chi connectivity index (χ3v) is 6.56. The normalized spacial score (nSPS) is 22.9. The van der Waals surface area contributed by atoms with E-state index in [-0.39, 0.29) is 30.1 Å². The van der Waals surface area contributed by atoms with Crippen molar-refractivity contribution < 1.29 is 9.59 Å². The Balaban J connectivity index is 0.00000240. The number of piperidine rings is 2. The summed E-state index contributed by atoms with van der Waals surface area (Å²) in [6, 6.07) is 8.30. The summed E-state index contributed by atoms with van der Waals surface area (Å²) in [6.45, 7) is 6.19. The molecule has 0 radical (unpaired) electrons. The Morgan fingerprint density at radius 1 is 0.966 bits per heavy atom. The molecule has 2 heterocycles. The number of carbonyl (C=O) groups excluding carboxylic acids is 2. The molecule has 1 atom stereocenters. The minimum Gasteiger partial charge on any atom is -0.342 e. The molecule has 1 aromatic carbocycles. The maximum atomic E-state index is 13.1. The fourth-order valence-corrected chi connectivity index (χ4v) is 4.46. The average Bonchev–Trinajstić information content (AvgIpc) is 3.57. The van der Waals surface area contributed by atoms with Gasteiger partial charge < -0.3 is 15.1 Å². The van der Waals surface area contributed by atoms with Crippen LogP contribution in [0.5, 0.6) is 0 Å². The van der Waals surface area contributed by atoms with Crippen molar-refractivity contribution in [2.45, 2.75) is 51.5 Å². The number of rotatable bonds is 5. The molecule has 5 nitrogen and oxygen atoms in total. The number of halogens is 1. The third kappa shape index (κ3) is 5.73. The molecule has 2 saturated heterocycles. The molecule has 2 aliphatic heterocycles. The summed E-state index contributed by atoms with van der Waals surface area (Å²) >= 11 is 0. The smallest absolute Gasteiger partial charge is 0.253 e. The molecule has 0 aromatic heterocycles. The summed E-state index contributed by atoms with van der Waals surface area (Å²) in [7, 11) is 0. The van der Waals surface area contributed by atoms with Gasteiger partial charge in [-0.05, 0) is 70.0 Å². The average molecular weight is 420 g/mol. The Kier molecular flexibility index (Phi) is 7.58. The van der Waals surface area contributed by atoms with E-state index in [9.17, 15) is 9.59 Å². The van der Waals surface area contributed by atoms with Crippen LogP contribution in [0.2, 0.25) is 0 Å². The van der Waals surface area contributed by atoms with Crippen LogP contribution in [0.4, 0.5) is 0 Å². The first kappa shape index (κ1) is 22.1. The number of hydrogen-bond acceptors (Lipinski definition) is 3. The number of likely N-dealkylation sites (tertiary alicyclic amines) is 2. The van der Waals surface area contributed by atoms with Crippen LogP contribution in [0, 0.1) is 18.8 Å². The predicted molar refractivity (Wildman–Crippen MR) is 117 cm³/mol. The Labute approximate surface area is 180 Å². The van der Waals surface area contributed by atoms with Gasteiger partial charge >= 0.3 is 0 Å². The topological polar surface area (TPSA) is 52.7 Å². The van der Waals surface area contributed by atoms with Crippen molar-refractivity contribution in [1.29, 1.82) is 0 Å². The monoisotopic (exact) mass is 419 g/mol. The van der Waals surface area contributed by atoms with Crippen molar-refractivity contribution in [3.05, 3.63) is 35.4 Å². The van der Waals surface area contributed by atoms with Gasteiger partial charge in [-0.3, -0.25) is 9.59 Å². The van der Waals surface area contributed by atoms with E-state index in [1.54, 1.807) is 0 Å². The van der Waals surface area contributed by atoms with E-state index in [4.69, 9.17) is 0 Å². The highest BCUT2D eigenvalue weighted by Gasteiger charge is 2.33. The van der Waals surface area contributed by atoms with Crippen molar-refractivity contribution in [2.24, 2.45) is 11.8 Å². The second kappa shape index (κ2) is 9.94. The predicted octanol–water partition coefficient (Wildman–Crippen LogP) is 3.26. The van der Waals surface area contributed by atoms with Gasteiger partial charge in [0.05, 0.1) is 5.92 Å². The maximum absolute atomic E-state index is 13.1. The van der Waals surface area contributed by atoms with Crippen LogP contribution in [-0.4, -0.2) is 60.4 Å². The fourth-order valence-electron chi connectivity index (χ4n) is 4.46. The van der Waals surface area contributed by atoms with Gasteiger partial charge in [-0.25, -0.2) is 0 Å². The van der Waals surface area contributed by atoms with Crippen LogP contribution in [0.15, 0.2) is 24.3 Å². The Bertz CT molecular complexity index is 697. The molecule has 4 rings (SSSR count). The summed E-state index contributed by atoms with van der Waals surface area (Å²) in [4.78, 5) is 29.8. The molecular weight excluding hydrogens is 386 g/mol. The van der Waals surface area contributed by atoms with E-state index in [1.165, 1.54) is 12.8 Å². The first-order valence-electron chi connectivity index (χ1n) is 11.0. The minimum absolute atomic E-state index is 0. The molecule has 3 fully saturated rings. The molecule has 1 aliphatic carbocycles. The van der Waals surface area contributed by atoms with Crippen molar-refractivity contribution in [3.8, 4) is 0 Å². The number of hydrogen-bond donors (Lipinski definition) is 1. The molecule has 1 aromatic rings. The zero-order valence-corrected chi connectivity index (χ0v) is 18.3. The number of benzene rings is 1. The molecule has 0 spiro atoms. The molecule has 0 bridgehead atoms. The van der Waals surface area contributed by atoms with E-state index in [0.29, 0.717) is 12.6 Å². The summed E-state index contributed by atoms with van der Waals surface area (Å²) in [5.41, 5.74) is 1.87. The van der Waals surface area contributed by atoms with E-state index in [2.05, 4.69) is 5.32 Å². The van der Waals surface area contributed by atoms with Gasteiger partial charge in [0.2, 0.25) is 5.91 Å². The highest BCUT2D eigenvalue weighted by molar-refractivity contribution is 5.94. The Morgan fingerprint density at radius 3 is 2.31 bits per heavy atom. The Hall–Kier alpha value is -1.59. The lowest BCUT2D eigenvalue weighted by molar-refractivity contribution is -0.138. The van der Waals surface area contributed by atoms with Crippen LogP contribution in [0.3, 0.4) is 0 Å². The number of amides is 2. The number of nitrogens with one attached hydrogen (secondary N) is 1. The quantitative estimate of drug-likeness (QED) is 0.796. The number of aryl methyl sites for hydroxylation is 1. The van der Waals surface area contributed by atoms with E-state index in [1.807, 2.05) is 41.0 Å². The first-order chi connectivity index (χ1) is 13.6. The second-order valence-corrected chi connectivity index (χ2v) is 8.91. The van der Waals surface area contributed by atoms with E-state index >= 15 is 0 Å². The maximum Gasteiger partial charge on any atom is 0.253 e. The summed E-state index contributed by atoms with van der Waals surface area (Å²) in [6.07, 6.45) is 6.67. The highest BCUT2D eigenvalue weighted by Crippen LogP contribution is 2.28. The van der Waals surface area contributed by atoms with Gasteiger partial charge in [-0.1, -0.05) is 17.7 Å². The summed E-state index contributed by atoms with van der Waals surface area (Å²) < 4.78 is 0. The lowest BCUT2D eigenvalue weighted by atomic mass is 9.94. The summed E-state index contributed by atoms with van der Waals surface area (Å²) in [5.74, 6) is 1.17. The van der Waals surface area contributed by atoms with Crippen LogP contribution < -0.4 is 5.32 Å². The van der Waals surface area contributed by atoms with Crippen LogP contribution >= 0.6 is 12.4 Å². The number of nitrogens with zero attached hydrogens (tertiary/aromatic N) is 2. The van der Waals surface area contributed by atoms with Gasteiger partial charge in [-0.2, -0.15) is 0 Å². The van der Waals surface area contributed by atoms with Gasteiger partial charge in [0, 0.05) is 37.8 Å². The van der Waals surface area contributed by atoms with Crippen LogP contribution in [-0.2, 0) is 4.79 Å². The van der Waals surface area contributed by atoms with Gasteiger partial charge in [0.1, 0.15) is 0 Å². The largest absolute Gasteiger partial charge is 0.342 e. The SMILES string of the molecule is Cc1ccc(C(=O)N2CCCC(C(=O)N3CCC(NCC4CC4)CC3)C2)cc1.Cl. The van der Waals surface area contributed by atoms with Crippen molar-refractivity contribution in [2.75, 3.05) is 32.7 Å². The van der Waals surface area contributed by atoms with Crippen molar-refractivity contribution in [3.63, 3.8) is 0 Å². The van der Waals surface area contributed by atoms with Crippen molar-refractivity contribution >= 4 is 24.2 Å². The molecule has 3 aliphatic rings. The Morgan fingerprint density at radius 2 is 1.66 bits per heavy atom. The molecule has 2 amide bonds. The van der Waals surface area contributed by atoms with Crippen molar-refractivity contribution in [1.82, 2.24) is 15.1 Å². The zero-order valence-electron chi connectivity index (χ0n) is 17.4. The molecular formula is C23H34ClN3O2. The van der Waals surface area contributed by atoms with Gasteiger partial charge in [0.15, 0.2) is 0 Å². The van der Waals surface area contributed by atoms with E-state index in [0.717, 1.165) is 68.9 Å². The minimum atomic E-state index is -0.0425. The molecule has 1 unspecified atom stereocenters. The molecule has 1 saturated carbocycles. The lowest BCUT2D eigenvalue weighted by Crippen LogP contribution is -2.50. The fraction of sp³-hybridized carbons (Fsp3) is 0.652. The van der Waals surface area contributed by atoms with E-state index < -0.39 is 0 Å². The van der Waals surface area contributed by atoms with Crippen LogP contribution in [0.25, 0.3) is 0 Å². The lowest BCUT2D eigenvalue weighted by Gasteiger charge is -2.38. The summed E-state index contributed by atoms with van der Waals surface area (Å²) in [5, 5.41) is 3.68.